The number of hydrogen-bond donors (Lipinski definition) is 2. The maximum absolute atomic E-state index is 13.2. The molecule has 1 heterocycles. The third kappa shape index (κ3) is 5.17. The summed E-state index contributed by atoms with van der Waals surface area (Å²) >= 11 is 1.30. The molecule has 8 heteroatoms. The van der Waals surface area contributed by atoms with Crippen molar-refractivity contribution in [2.24, 2.45) is 0 Å². The first-order valence-electron chi connectivity index (χ1n) is 8.70. The maximum Gasteiger partial charge on any atom is 0.309 e. The molecule has 0 spiro atoms. The van der Waals surface area contributed by atoms with Crippen molar-refractivity contribution in [1.82, 2.24) is 10.6 Å². The van der Waals surface area contributed by atoms with Crippen LogP contribution in [-0.2, 0) is 19.4 Å². The average molecular weight is 409 g/mol. The summed E-state index contributed by atoms with van der Waals surface area (Å²) in [4.78, 5) is 24.3. The Labute approximate surface area is 163 Å². The summed E-state index contributed by atoms with van der Waals surface area (Å²) in [7, 11) is -3.74. The molecule has 0 aliphatic rings. The van der Waals surface area contributed by atoms with E-state index in [0.29, 0.717) is 17.3 Å². The second-order valence-electron chi connectivity index (χ2n) is 6.34. The molecule has 0 aliphatic carbocycles. The Hall–Kier alpha value is -2.19. The van der Waals surface area contributed by atoms with Crippen LogP contribution in [0.25, 0.3) is 0 Å². The van der Waals surface area contributed by atoms with Gasteiger partial charge in [0.05, 0.1) is 4.90 Å². The van der Waals surface area contributed by atoms with Crippen molar-refractivity contribution in [3.05, 3.63) is 52.2 Å². The lowest BCUT2D eigenvalue weighted by atomic mass is 10.0. The van der Waals surface area contributed by atoms with E-state index >= 15 is 0 Å². The Kier molecular flexibility index (Phi) is 7.15. The van der Waals surface area contributed by atoms with Gasteiger partial charge in [0.25, 0.3) is 0 Å². The zero-order valence-corrected chi connectivity index (χ0v) is 17.2. The van der Waals surface area contributed by atoms with E-state index in [1.807, 2.05) is 13.8 Å². The van der Waals surface area contributed by atoms with Crippen molar-refractivity contribution in [2.45, 2.75) is 36.8 Å². The highest BCUT2D eigenvalue weighted by Crippen LogP contribution is 2.32. The largest absolute Gasteiger partial charge is 0.348 e. The number of rotatable bonds is 7. The Morgan fingerprint density at radius 1 is 1.04 bits per heavy atom. The van der Waals surface area contributed by atoms with Crippen LogP contribution in [0.3, 0.4) is 0 Å². The molecule has 1 atom stereocenters. The molecule has 0 radical (unpaired) electrons. The monoisotopic (exact) mass is 408 g/mol. The van der Waals surface area contributed by atoms with Gasteiger partial charge in [0.15, 0.2) is 9.84 Å². The van der Waals surface area contributed by atoms with Crippen molar-refractivity contribution in [1.29, 1.82) is 0 Å². The van der Waals surface area contributed by atoms with Gasteiger partial charge < -0.3 is 10.6 Å². The van der Waals surface area contributed by atoms with Gasteiger partial charge in [-0.25, -0.2) is 8.42 Å². The standard InChI is InChI=1S/C19H24N2O4S2/c1-4-20-18(22)19(23)21-12-17(16-6-5-11-26-16)27(24,25)15-9-7-14(8-10-15)13(2)3/h5-11,13,17H,4,12H2,1-3H3,(H,20,22)(H,21,23)/t17-/m0/s1. The van der Waals surface area contributed by atoms with E-state index in [1.165, 1.54) is 11.3 Å². The minimum absolute atomic E-state index is 0.176. The maximum atomic E-state index is 13.2. The molecule has 2 aromatic rings. The molecular weight excluding hydrogens is 384 g/mol. The summed E-state index contributed by atoms with van der Waals surface area (Å²) in [6.45, 7) is 5.92. The molecule has 0 fully saturated rings. The number of carbonyl (C=O) groups is 2. The summed E-state index contributed by atoms with van der Waals surface area (Å²) in [5.41, 5.74) is 1.05. The molecular formula is C19H24N2O4S2. The molecule has 0 saturated heterocycles. The van der Waals surface area contributed by atoms with E-state index in [0.717, 1.165) is 5.56 Å². The first kappa shape index (κ1) is 21.1. The molecule has 146 valence electrons. The number of carbonyl (C=O) groups excluding carboxylic acids is 2. The van der Waals surface area contributed by atoms with Crippen LogP contribution in [0, 0.1) is 0 Å². The topological polar surface area (TPSA) is 92.3 Å². The lowest BCUT2D eigenvalue weighted by Crippen LogP contribution is -2.42. The van der Waals surface area contributed by atoms with Gasteiger partial charge in [0.2, 0.25) is 0 Å². The lowest BCUT2D eigenvalue weighted by Gasteiger charge is -2.18. The molecule has 27 heavy (non-hydrogen) atoms. The molecule has 0 unspecified atom stereocenters. The van der Waals surface area contributed by atoms with Crippen LogP contribution in [0.1, 0.15) is 42.4 Å². The van der Waals surface area contributed by atoms with Gasteiger partial charge in [0, 0.05) is 18.0 Å². The second kappa shape index (κ2) is 9.14. The molecule has 2 rings (SSSR count). The number of amides is 2. The van der Waals surface area contributed by atoms with Crippen LogP contribution in [0.15, 0.2) is 46.7 Å². The Balaban J connectivity index is 2.28. The predicted molar refractivity (Wildman–Crippen MR) is 106 cm³/mol. The third-order valence-electron chi connectivity index (χ3n) is 4.10. The third-order valence-corrected chi connectivity index (χ3v) is 7.34. The number of nitrogens with one attached hydrogen (secondary N) is 2. The average Bonchev–Trinajstić information content (AvgIpc) is 3.16. The van der Waals surface area contributed by atoms with Gasteiger partial charge in [-0.2, -0.15) is 0 Å². The molecule has 2 amide bonds. The van der Waals surface area contributed by atoms with Crippen LogP contribution < -0.4 is 10.6 Å². The highest BCUT2D eigenvalue weighted by molar-refractivity contribution is 7.91. The summed E-state index contributed by atoms with van der Waals surface area (Å²) in [5, 5.41) is 5.66. The van der Waals surface area contributed by atoms with Crippen molar-refractivity contribution < 1.29 is 18.0 Å². The summed E-state index contributed by atoms with van der Waals surface area (Å²) in [6.07, 6.45) is 0. The molecule has 0 bridgehead atoms. The number of likely N-dealkylation sites (N-methyl/N-ethyl adjacent to an activating group) is 1. The van der Waals surface area contributed by atoms with Crippen LogP contribution in [0.4, 0.5) is 0 Å². The highest BCUT2D eigenvalue weighted by Gasteiger charge is 2.31. The van der Waals surface area contributed by atoms with Crippen LogP contribution in [-0.4, -0.2) is 33.3 Å². The van der Waals surface area contributed by atoms with Crippen molar-refractivity contribution >= 4 is 33.0 Å². The Morgan fingerprint density at radius 3 is 2.19 bits per heavy atom. The van der Waals surface area contributed by atoms with E-state index in [-0.39, 0.29) is 11.4 Å². The molecule has 0 saturated carbocycles. The van der Waals surface area contributed by atoms with Gasteiger partial charge in [-0.05, 0) is 42.0 Å². The normalized spacial score (nSPS) is 12.6. The fraction of sp³-hybridized carbons (Fsp3) is 0.368. The van der Waals surface area contributed by atoms with Gasteiger partial charge >= 0.3 is 11.8 Å². The number of sulfone groups is 1. The summed E-state index contributed by atoms with van der Waals surface area (Å²) in [5.74, 6) is -1.32. The summed E-state index contributed by atoms with van der Waals surface area (Å²) in [6, 6.07) is 10.3. The Morgan fingerprint density at radius 2 is 1.67 bits per heavy atom. The zero-order valence-electron chi connectivity index (χ0n) is 15.6. The zero-order chi connectivity index (χ0) is 20.0. The van der Waals surface area contributed by atoms with Gasteiger partial charge in [-0.1, -0.05) is 32.0 Å². The quantitative estimate of drug-likeness (QED) is 0.689. The molecule has 0 aliphatic heterocycles. The fourth-order valence-corrected chi connectivity index (χ4v) is 5.34. The molecule has 1 aromatic heterocycles. The van der Waals surface area contributed by atoms with Crippen LogP contribution in [0.5, 0.6) is 0 Å². The second-order valence-corrected chi connectivity index (χ2v) is 9.45. The lowest BCUT2D eigenvalue weighted by molar-refractivity contribution is -0.139. The molecule has 6 nitrogen and oxygen atoms in total. The highest BCUT2D eigenvalue weighted by atomic mass is 32.2. The molecule has 2 N–H and O–H groups in total. The van der Waals surface area contributed by atoms with Crippen molar-refractivity contribution in [3.8, 4) is 0 Å². The first-order valence-corrected chi connectivity index (χ1v) is 11.1. The van der Waals surface area contributed by atoms with E-state index in [9.17, 15) is 18.0 Å². The first-order chi connectivity index (χ1) is 12.8. The number of hydrogen-bond acceptors (Lipinski definition) is 5. The minimum Gasteiger partial charge on any atom is -0.348 e. The van der Waals surface area contributed by atoms with Crippen LogP contribution in [0.2, 0.25) is 0 Å². The SMILES string of the molecule is CCNC(=O)C(=O)NC[C@@H](c1cccs1)S(=O)(=O)c1ccc(C(C)C)cc1. The van der Waals surface area contributed by atoms with Gasteiger partial charge in [-0.3, -0.25) is 9.59 Å². The summed E-state index contributed by atoms with van der Waals surface area (Å²) < 4.78 is 26.3. The van der Waals surface area contributed by atoms with E-state index in [1.54, 1.807) is 48.7 Å². The van der Waals surface area contributed by atoms with Gasteiger partial charge in [0.1, 0.15) is 5.25 Å². The van der Waals surface area contributed by atoms with E-state index in [2.05, 4.69) is 10.6 Å². The van der Waals surface area contributed by atoms with Gasteiger partial charge in [-0.15, -0.1) is 11.3 Å². The fourth-order valence-electron chi connectivity index (χ4n) is 2.55. The van der Waals surface area contributed by atoms with Crippen LogP contribution >= 0.6 is 11.3 Å². The molecule has 1 aromatic carbocycles. The minimum atomic E-state index is -3.74. The smallest absolute Gasteiger partial charge is 0.309 e. The Bertz CT molecular complexity index is 873. The predicted octanol–water partition coefficient (Wildman–Crippen LogP) is 2.64. The van der Waals surface area contributed by atoms with Crippen molar-refractivity contribution in [2.75, 3.05) is 13.1 Å². The number of benzene rings is 1. The number of thiophene rings is 1. The van der Waals surface area contributed by atoms with E-state index in [4.69, 9.17) is 0 Å². The van der Waals surface area contributed by atoms with Crippen molar-refractivity contribution in [3.63, 3.8) is 0 Å². The van der Waals surface area contributed by atoms with E-state index < -0.39 is 26.9 Å².